The Balaban J connectivity index is 1.56. The molecule has 0 bridgehead atoms. The van der Waals surface area contributed by atoms with Crippen molar-refractivity contribution >= 4 is 5.91 Å². The van der Waals surface area contributed by atoms with Crippen molar-refractivity contribution in [2.24, 2.45) is 11.7 Å². The molecule has 1 unspecified atom stereocenters. The molecule has 1 aliphatic carbocycles. The number of amides is 1. The molecule has 0 spiro atoms. The maximum Gasteiger partial charge on any atom is 0.220 e. The van der Waals surface area contributed by atoms with E-state index >= 15 is 0 Å². The van der Waals surface area contributed by atoms with Gasteiger partial charge < -0.3 is 10.8 Å². The Kier molecular flexibility index (Phi) is 3.95. The van der Waals surface area contributed by atoms with E-state index in [1.807, 2.05) is 10.9 Å². The number of aliphatic hydroxyl groups is 1. The van der Waals surface area contributed by atoms with Crippen LogP contribution in [0.15, 0.2) is 6.20 Å². The van der Waals surface area contributed by atoms with Crippen LogP contribution in [0.1, 0.15) is 37.8 Å². The molecule has 116 valence electrons. The second-order valence-corrected chi connectivity index (χ2v) is 6.56. The highest BCUT2D eigenvalue weighted by Crippen LogP contribution is 2.30. The molecule has 3 N–H and O–H groups in total. The van der Waals surface area contributed by atoms with Crippen LogP contribution in [0.4, 0.5) is 0 Å². The number of aromatic nitrogens is 3. The summed E-state index contributed by atoms with van der Waals surface area (Å²) in [5.41, 5.74) is 5.14. The monoisotopic (exact) mass is 293 g/mol. The van der Waals surface area contributed by atoms with Crippen LogP contribution in [-0.4, -0.2) is 49.6 Å². The van der Waals surface area contributed by atoms with Gasteiger partial charge in [-0.1, -0.05) is 5.21 Å². The van der Waals surface area contributed by atoms with Gasteiger partial charge in [-0.3, -0.25) is 14.4 Å². The first-order valence-electron chi connectivity index (χ1n) is 7.64. The Hall–Kier alpha value is -1.47. The summed E-state index contributed by atoms with van der Waals surface area (Å²) in [5.74, 6) is 0.324. The Morgan fingerprint density at radius 1 is 1.52 bits per heavy atom. The lowest BCUT2D eigenvalue weighted by Crippen LogP contribution is -2.49. The molecule has 0 aromatic carbocycles. The van der Waals surface area contributed by atoms with Crippen molar-refractivity contribution in [1.82, 2.24) is 19.9 Å². The van der Waals surface area contributed by atoms with Crippen molar-refractivity contribution < 1.29 is 9.90 Å². The highest BCUT2D eigenvalue weighted by Gasteiger charge is 2.35. The van der Waals surface area contributed by atoms with Crippen molar-refractivity contribution in [3.05, 3.63) is 11.9 Å². The first-order chi connectivity index (χ1) is 10.0. The van der Waals surface area contributed by atoms with Gasteiger partial charge in [0.25, 0.3) is 0 Å². The van der Waals surface area contributed by atoms with Gasteiger partial charge in [0, 0.05) is 25.8 Å². The highest BCUT2D eigenvalue weighted by molar-refractivity contribution is 5.75. The summed E-state index contributed by atoms with van der Waals surface area (Å²) in [4.78, 5) is 13.2. The number of β-amino-alcohol motifs (C(OH)–C–C–N with tert-alkyl or cyclic N) is 1. The molecule has 7 heteroatoms. The van der Waals surface area contributed by atoms with Crippen molar-refractivity contribution in [2.75, 3.05) is 13.1 Å². The molecule has 7 nitrogen and oxygen atoms in total. The molecule has 1 aliphatic heterocycles. The van der Waals surface area contributed by atoms with Gasteiger partial charge in [-0.05, 0) is 38.1 Å². The summed E-state index contributed by atoms with van der Waals surface area (Å²) in [6.07, 6.45) is 6.08. The van der Waals surface area contributed by atoms with Gasteiger partial charge in [-0.25, -0.2) is 0 Å². The Bertz CT molecular complexity index is 513. The van der Waals surface area contributed by atoms with Gasteiger partial charge in [-0.2, -0.15) is 0 Å². The summed E-state index contributed by atoms with van der Waals surface area (Å²) >= 11 is 0. The molecule has 2 heterocycles. The van der Waals surface area contributed by atoms with E-state index in [1.165, 1.54) is 12.8 Å². The van der Waals surface area contributed by atoms with Crippen LogP contribution in [0.2, 0.25) is 0 Å². The number of primary amides is 1. The normalized spacial score (nSPS) is 26.9. The van der Waals surface area contributed by atoms with Crippen LogP contribution in [0.25, 0.3) is 0 Å². The van der Waals surface area contributed by atoms with Crippen molar-refractivity contribution in [2.45, 2.75) is 50.8 Å². The predicted molar refractivity (Wildman–Crippen MR) is 76.0 cm³/mol. The third-order valence-electron chi connectivity index (χ3n) is 4.25. The standard InChI is InChI=1S/C14H23N5O2/c15-13(20)6-14(21)4-1-5-18(10-14)8-12-9-19(17-16-12)7-11-2-3-11/h9,11,21H,1-8,10H2,(H2,15,20). The second-order valence-electron chi connectivity index (χ2n) is 6.56. The fourth-order valence-electron chi connectivity index (χ4n) is 3.10. The molecule has 2 aliphatic rings. The number of piperidine rings is 1. The minimum absolute atomic E-state index is 0.0257. The zero-order chi connectivity index (χ0) is 14.9. The largest absolute Gasteiger partial charge is 0.388 e. The fraction of sp³-hybridized carbons (Fsp3) is 0.786. The number of likely N-dealkylation sites (tertiary alicyclic amines) is 1. The van der Waals surface area contributed by atoms with Gasteiger partial charge in [0.2, 0.25) is 5.91 Å². The molecule has 0 radical (unpaired) electrons. The van der Waals surface area contributed by atoms with Crippen molar-refractivity contribution in [3.63, 3.8) is 0 Å². The van der Waals surface area contributed by atoms with Crippen molar-refractivity contribution in [1.29, 1.82) is 0 Å². The SMILES string of the molecule is NC(=O)CC1(O)CCCN(Cc2cn(CC3CC3)nn2)C1. The zero-order valence-electron chi connectivity index (χ0n) is 12.2. The Morgan fingerprint density at radius 2 is 2.33 bits per heavy atom. The lowest BCUT2D eigenvalue weighted by molar-refractivity contribution is -0.125. The summed E-state index contributed by atoms with van der Waals surface area (Å²) in [5, 5.41) is 18.8. The quantitative estimate of drug-likeness (QED) is 0.763. The summed E-state index contributed by atoms with van der Waals surface area (Å²) in [7, 11) is 0. The van der Waals surface area contributed by atoms with E-state index in [4.69, 9.17) is 5.73 Å². The maximum atomic E-state index is 11.1. The van der Waals surface area contributed by atoms with E-state index < -0.39 is 11.5 Å². The maximum absolute atomic E-state index is 11.1. The molecule has 1 amide bonds. The molecule has 1 atom stereocenters. The van der Waals surface area contributed by atoms with E-state index in [0.717, 1.165) is 31.1 Å². The molecule has 3 rings (SSSR count). The second kappa shape index (κ2) is 5.73. The van der Waals surface area contributed by atoms with Crippen LogP contribution in [0.5, 0.6) is 0 Å². The van der Waals surface area contributed by atoms with Gasteiger partial charge in [0.05, 0.1) is 17.7 Å². The zero-order valence-corrected chi connectivity index (χ0v) is 12.2. The molecule has 21 heavy (non-hydrogen) atoms. The predicted octanol–water partition coefficient (Wildman–Crippen LogP) is -0.110. The number of carbonyl (C=O) groups is 1. The third kappa shape index (κ3) is 4.01. The minimum Gasteiger partial charge on any atom is -0.388 e. The topological polar surface area (TPSA) is 97.3 Å². The number of hydrogen-bond acceptors (Lipinski definition) is 5. The lowest BCUT2D eigenvalue weighted by Gasteiger charge is -2.38. The van der Waals surface area contributed by atoms with E-state index in [-0.39, 0.29) is 6.42 Å². The van der Waals surface area contributed by atoms with Gasteiger partial charge in [0.1, 0.15) is 0 Å². The molecule has 1 aromatic heterocycles. The number of carbonyl (C=O) groups excluding carboxylic acids is 1. The smallest absolute Gasteiger partial charge is 0.220 e. The summed E-state index contributed by atoms with van der Waals surface area (Å²) < 4.78 is 1.91. The third-order valence-corrected chi connectivity index (χ3v) is 4.25. The van der Waals surface area contributed by atoms with E-state index in [1.54, 1.807) is 0 Å². The van der Waals surface area contributed by atoms with E-state index in [0.29, 0.717) is 19.5 Å². The van der Waals surface area contributed by atoms with Crippen LogP contribution in [0, 0.1) is 5.92 Å². The molecule has 2 fully saturated rings. The number of nitrogens with zero attached hydrogens (tertiary/aromatic N) is 4. The number of hydrogen-bond donors (Lipinski definition) is 2. The molecular formula is C14H23N5O2. The molecule has 1 saturated carbocycles. The Labute approximate surface area is 124 Å². The van der Waals surface area contributed by atoms with E-state index in [2.05, 4.69) is 15.2 Å². The number of nitrogens with two attached hydrogens (primary N) is 1. The van der Waals surface area contributed by atoms with Gasteiger partial charge >= 0.3 is 0 Å². The van der Waals surface area contributed by atoms with E-state index in [9.17, 15) is 9.90 Å². The summed E-state index contributed by atoms with van der Waals surface area (Å²) in [6.45, 7) is 2.98. The van der Waals surface area contributed by atoms with Crippen LogP contribution >= 0.6 is 0 Å². The van der Waals surface area contributed by atoms with Crippen molar-refractivity contribution in [3.8, 4) is 0 Å². The average Bonchev–Trinajstić information content (AvgIpc) is 3.08. The fourth-order valence-corrected chi connectivity index (χ4v) is 3.10. The average molecular weight is 293 g/mol. The number of rotatable bonds is 6. The van der Waals surface area contributed by atoms with Gasteiger partial charge in [0.15, 0.2) is 0 Å². The minimum atomic E-state index is -0.992. The summed E-state index contributed by atoms with van der Waals surface area (Å²) in [6, 6.07) is 0. The van der Waals surface area contributed by atoms with Crippen LogP contribution in [-0.2, 0) is 17.9 Å². The molecule has 1 aromatic rings. The Morgan fingerprint density at radius 3 is 3.05 bits per heavy atom. The lowest BCUT2D eigenvalue weighted by atomic mass is 9.89. The first-order valence-corrected chi connectivity index (χ1v) is 7.64. The first kappa shape index (κ1) is 14.5. The van der Waals surface area contributed by atoms with Gasteiger partial charge in [-0.15, -0.1) is 5.10 Å². The van der Waals surface area contributed by atoms with Crippen LogP contribution in [0.3, 0.4) is 0 Å². The van der Waals surface area contributed by atoms with Crippen LogP contribution < -0.4 is 5.73 Å². The molecule has 1 saturated heterocycles. The highest BCUT2D eigenvalue weighted by atomic mass is 16.3. The molecular weight excluding hydrogens is 270 g/mol.